The second kappa shape index (κ2) is 6.23. The fourth-order valence-electron chi connectivity index (χ4n) is 2.64. The van der Waals surface area contributed by atoms with Crippen molar-refractivity contribution >= 4 is 11.7 Å². The molecule has 1 atom stereocenters. The summed E-state index contributed by atoms with van der Waals surface area (Å²) >= 11 is 0. The topological polar surface area (TPSA) is 60.7 Å². The number of nitrogens with one attached hydrogen (secondary N) is 1. The Morgan fingerprint density at radius 2 is 2.22 bits per heavy atom. The van der Waals surface area contributed by atoms with Crippen molar-refractivity contribution in [3.05, 3.63) is 35.8 Å². The number of ether oxygens (including phenoxy) is 1. The minimum atomic E-state index is -0.573. The number of hydrogen-bond donors (Lipinski definition) is 1. The highest BCUT2D eigenvalue weighted by molar-refractivity contribution is 5.96. The average Bonchev–Trinajstić information content (AvgIpc) is 3.15. The molecule has 1 unspecified atom stereocenters. The number of nitrogens with zero attached hydrogens (tertiary/aromatic N) is 3. The second-order valence-electron chi connectivity index (χ2n) is 5.29. The molecule has 0 radical (unpaired) electrons. The number of aliphatic imine (C=N–C) groups is 1. The number of halogens is 2. The predicted octanol–water partition coefficient (Wildman–Crippen LogP) is 2.83. The molecule has 1 aromatic heterocycles. The van der Waals surface area contributed by atoms with Gasteiger partial charge in [0.1, 0.15) is 17.4 Å². The van der Waals surface area contributed by atoms with Crippen LogP contribution < -0.4 is 15.0 Å². The minimum Gasteiger partial charge on any atom is -0.497 e. The molecular weight excluding hydrogens is 306 g/mol. The summed E-state index contributed by atoms with van der Waals surface area (Å²) in [4.78, 5) is 8.17. The summed E-state index contributed by atoms with van der Waals surface area (Å²) in [6, 6.07) is 4.34. The molecular formula is C15H16F2N4O2. The first kappa shape index (κ1) is 15.3. The van der Waals surface area contributed by atoms with Crippen molar-refractivity contribution in [2.75, 3.05) is 19.0 Å². The zero-order valence-electron chi connectivity index (χ0n) is 12.7. The number of aromatic nitrogens is 2. The fraction of sp³-hybridized carbons (Fsp3) is 0.333. The van der Waals surface area contributed by atoms with E-state index in [-0.39, 0.29) is 23.0 Å². The van der Waals surface area contributed by atoms with Crippen LogP contribution in [0.5, 0.6) is 11.5 Å². The standard InChI is InChI=1S/C15H16F2N4O2/c1-21-4-3-13(20-21)19-14-5-9(8-18-14)15-11(16)6-10(22-2)7-12(15)23-17/h3-4,6-7,9H,5,8H2,1-2H3,(H,18,19,20). The molecule has 8 heteroatoms. The summed E-state index contributed by atoms with van der Waals surface area (Å²) in [5, 5.41) is 7.27. The first-order chi connectivity index (χ1) is 11.1. The summed E-state index contributed by atoms with van der Waals surface area (Å²) in [5.74, 6) is 0.470. The van der Waals surface area contributed by atoms with Gasteiger partial charge in [0.15, 0.2) is 11.6 Å². The Kier molecular flexibility index (Phi) is 4.14. The van der Waals surface area contributed by atoms with Gasteiger partial charge in [-0.1, -0.05) is 0 Å². The monoisotopic (exact) mass is 322 g/mol. The van der Waals surface area contributed by atoms with Gasteiger partial charge in [-0.2, -0.15) is 5.10 Å². The molecule has 2 heterocycles. The minimum absolute atomic E-state index is 0.162. The number of benzene rings is 1. The zero-order chi connectivity index (χ0) is 16.4. The number of anilines is 1. The lowest BCUT2D eigenvalue weighted by Gasteiger charge is -2.14. The third kappa shape index (κ3) is 3.10. The maximum Gasteiger partial charge on any atom is 0.182 e. The van der Waals surface area contributed by atoms with E-state index in [0.29, 0.717) is 24.6 Å². The largest absolute Gasteiger partial charge is 0.497 e. The Morgan fingerprint density at radius 3 is 2.87 bits per heavy atom. The molecule has 1 aliphatic heterocycles. The van der Waals surface area contributed by atoms with E-state index >= 15 is 0 Å². The van der Waals surface area contributed by atoms with Gasteiger partial charge in [-0.25, -0.2) is 4.39 Å². The SMILES string of the molecule is COc1cc(F)c(C2CN=C(Nc3ccn(C)n3)C2)c(OF)c1. The first-order valence-electron chi connectivity index (χ1n) is 7.06. The molecule has 2 aromatic rings. The van der Waals surface area contributed by atoms with E-state index in [1.165, 1.54) is 19.2 Å². The van der Waals surface area contributed by atoms with E-state index in [9.17, 15) is 8.92 Å². The number of hydrogen-bond acceptors (Lipinski definition) is 5. The lowest BCUT2D eigenvalue weighted by atomic mass is 9.95. The van der Waals surface area contributed by atoms with Crippen LogP contribution in [0.3, 0.4) is 0 Å². The Labute approximate surface area is 131 Å². The van der Waals surface area contributed by atoms with Crippen molar-refractivity contribution in [2.45, 2.75) is 12.3 Å². The maximum atomic E-state index is 14.3. The van der Waals surface area contributed by atoms with Crippen molar-refractivity contribution in [3.8, 4) is 11.5 Å². The van der Waals surface area contributed by atoms with Crippen molar-refractivity contribution < 1.29 is 18.6 Å². The van der Waals surface area contributed by atoms with Crippen LogP contribution in [0.1, 0.15) is 17.9 Å². The van der Waals surface area contributed by atoms with Gasteiger partial charge in [0.25, 0.3) is 0 Å². The quantitative estimate of drug-likeness (QED) is 0.940. The molecule has 0 fully saturated rings. The smallest absolute Gasteiger partial charge is 0.182 e. The fourth-order valence-corrected chi connectivity index (χ4v) is 2.64. The van der Waals surface area contributed by atoms with Gasteiger partial charge in [-0.3, -0.25) is 14.6 Å². The van der Waals surface area contributed by atoms with Gasteiger partial charge in [0.2, 0.25) is 0 Å². The van der Waals surface area contributed by atoms with Crippen LogP contribution in [0.25, 0.3) is 0 Å². The summed E-state index contributed by atoms with van der Waals surface area (Å²) in [6.07, 6.45) is 2.24. The summed E-state index contributed by atoms with van der Waals surface area (Å²) in [6.45, 7) is 0.342. The zero-order valence-corrected chi connectivity index (χ0v) is 12.7. The highest BCUT2D eigenvalue weighted by atomic mass is 19.3. The van der Waals surface area contributed by atoms with Crippen molar-refractivity contribution in [3.63, 3.8) is 0 Å². The Bertz CT molecular complexity index is 745. The van der Waals surface area contributed by atoms with Gasteiger partial charge < -0.3 is 10.1 Å². The Morgan fingerprint density at radius 1 is 1.39 bits per heavy atom. The van der Waals surface area contributed by atoms with E-state index in [1.807, 2.05) is 7.05 Å². The lowest BCUT2D eigenvalue weighted by Crippen LogP contribution is -2.12. The Hall–Kier alpha value is -2.64. The van der Waals surface area contributed by atoms with E-state index in [2.05, 4.69) is 20.3 Å². The molecule has 0 saturated carbocycles. The van der Waals surface area contributed by atoms with E-state index in [0.717, 1.165) is 0 Å². The van der Waals surface area contributed by atoms with Crippen LogP contribution in [-0.2, 0) is 7.05 Å². The molecule has 1 aromatic carbocycles. The van der Waals surface area contributed by atoms with E-state index in [1.54, 1.807) is 16.9 Å². The predicted molar refractivity (Wildman–Crippen MR) is 81.2 cm³/mol. The number of aryl methyl sites for hydroxylation is 1. The van der Waals surface area contributed by atoms with Crippen molar-refractivity contribution in [1.29, 1.82) is 0 Å². The third-order valence-corrected chi connectivity index (χ3v) is 3.72. The molecule has 3 rings (SSSR count). The van der Waals surface area contributed by atoms with Crippen LogP contribution in [-0.4, -0.2) is 29.3 Å². The summed E-state index contributed by atoms with van der Waals surface area (Å²) < 4.78 is 33.7. The molecule has 0 bridgehead atoms. The molecule has 122 valence electrons. The molecule has 6 nitrogen and oxygen atoms in total. The van der Waals surface area contributed by atoms with Gasteiger partial charge in [0, 0.05) is 60.4 Å². The number of rotatable bonds is 4. The lowest BCUT2D eigenvalue weighted by molar-refractivity contribution is -0.00833. The van der Waals surface area contributed by atoms with E-state index < -0.39 is 5.82 Å². The Balaban J connectivity index is 1.77. The highest BCUT2D eigenvalue weighted by Crippen LogP contribution is 2.37. The van der Waals surface area contributed by atoms with Crippen LogP contribution in [0.2, 0.25) is 0 Å². The number of methoxy groups -OCH3 is 1. The molecule has 0 saturated heterocycles. The summed E-state index contributed by atoms with van der Waals surface area (Å²) in [7, 11) is 3.19. The average molecular weight is 322 g/mol. The van der Waals surface area contributed by atoms with Crippen LogP contribution >= 0.6 is 0 Å². The summed E-state index contributed by atoms with van der Waals surface area (Å²) in [5.41, 5.74) is 0.162. The molecule has 0 amide bonds. The number of amidine groups is 1. The van der Waals surface area contributed by atoms with Gasteiger partial charge in [-0.15, -0.1) is 0 Å². The molecule has 0 spiro atoms. The third-order valence-electron chi connectivity index (χ3n) is 3.72. The van der Waals surface area contributed by atoms with Gasteiger partial charge in [0.05, 0.1) is 7.11 Å². The van der Waals surface area contributed by atoms with Crippen LogP contribution in [0.15, 0.2) is 29.4 Å². The first-order valence-corrected chi connectivity index (χ1v) is 7.06. The van der Waals surface area contributed by atoms with Crippen molar-refractivity contribution in [1.82, 2.24) is 9.78 Å². The molecule has 23 heavy (non-hydrogen) atoms. The highest BCUT2D eigenvalue weighted by Gasteiger charge is 2.28. The van der Waals surface area contributed by atoms with Gasteiger partial charge in [-0.05, 0) is 0 Å². The second-order valence-corrected chi connectivity index (χ2v) is 5.29. The van der Waals surface area contributed by atoms with Crippen LogP contribution in [0.4, 0.5) is 14.7 Å². The van der Waals surface area contributed by atoms with Gasteiger partial charge >= 0.3 is 0 Å². The molecule has 1 aliphatic rings. The van der Waals surface area contributed by atoms with Crippen LogP contribution in [0, 0.1) is 5.82 Å². The molecule has 0 aliphatic carbocycles. The van der Waals surface area contributed by atoms with E-state index in [4.69, 9.17) is 4.74 Å². The van der Waals surface area contributed by atoms with Crippen molar-refractivity contribution in [2.24, 2.45) is 12.0 Å². The molecule has 1 N–H and O–H groups in total. The maximum absolute atomic E-state index is 14.3. The normalized spacial score (nSPS) is 17.0.